The Kier molecular flexibility index (Phi) is 7.03. The molecule has 0 unspecified atom stereocenters. The molecule has 144 valence electrons. The first kappa shape index (κ1) is 20.2. The van der Waals surface area contributed by atoms with Crippen LogP contribution in [0.4, 0.5) is 4.79 Å². The number of rotatable bonds is 6. The van der Waals surface area contributed by atoms with Crippen LogP contribution in [-0.4, -0.2) is 53.3 Å². The molecule has 1 aliphatic rings. The summed E-state index contributed by atoms with van der Waals surface area (Å²) in [6.07, 6.45) is 2.05. The van der Waals surface area contributed by atoms with Crippen LogP contribution in [0, 0.1) is 0 Å². The molecule has 1 aromatic carbocycles. The van der Waals surface area contributed by atoms with Crippen LogP contribution in [0.1, 0.15) is 46.1 Å². The van der Waals surface area contributed by atoms with E-state index < -0.39 is 17.7 Å². The van der Waals surface area contributed by atoms with Crippen molar-refractivity contribution in [2.45, 2.75) is 58.6 Å². The molecule has 0 bridgehead atoms. The highest BCUT2D eigenvalue weighted by Crippen LogP contribution is 2.15. The third kappa shape index (κ3) is 6.02. The van der Waals surface area contributed by atoms with Gasteiger partial charge in [-0.1, -0.05) is 30.3 Å². The third-order valence-electron chi connectivity index (χ3n) is 4.25. The van der Waals surface area contributed by atoms with Crippen LogP contribution in [0.2, 0.25) is 0 Å². The van der Waals surface area contributed by atoms with Crippen molar-refractivity contribution in [2.24, 2.45) is 0 Å². The molecule has 1 aliphatic heterocycles. The molecule has 0 aliphatic carbocycles. The fraction of sp³-hybridized carbons (Fsp3) is 0.600. The zero-order valence-electron chi connectivity index (χ0n) is 16.3. The van der Waals surface area contributed by atoms with Crippen molar-refractivity contribution in [3.8, 4) is 0 Å². The summed E-state index contributed by atoms with van der Waals surface area (Å²) in [6, 6.07) is 9.06. The summed E-state index contributed by atoms with van der Waals surface area (Å²) < 4.78 is 5.36. The number of nitrogens with zero attached hydrogens (tertiary/aromatic N) is 2. The van der Waals surface area contributed by atoms with Gasteiger partial charge in [0.1, 0.15) is 11.6 Å². The Balaban J connectivity index is 2.15. The SMILES string of the molecule is CCN(C(=O)[C@H](Cc1ccccc1)NC(=O)OC(C)(C)C)N1CCCC1. The minimum Gasteiger partial charge on any atom is -0.444 e. The number of carbonyl (C=O) groups is 2. The van der Waals surface area contributed by atoms with E-state index in [-0.39, 0.29) is 5.91 Å². The van der Waals surface area contributed by atoms with E-state index in [4.69, 9.17) is 4.74 Å². The van der Waals surface area contributed by atoms with Crippen molar-refractivity contribution in [3.05, 3.63) is 35.9 Å². The van der Waals surface area contributed by atoms with Crippen molar-refractivity contribution >= 4 is 12.0 Å². The van der Waals surface area contributed by atoms with E-state index in [0.29, 0.717) is 13.0 Å². The molecule has 1 atom stereocenters. The lowest BCUT2D eigenvalue weighted by atomic mass is 10.1. The number of hydrogen-bond acceptors (Lipinski definition) is 4. The Hall–Kier alpha value is -2.08. The molecule has 1 fully saturated rings. The first-order chi connectivity index (χ1) is 12.3. The molecule has 6 nitrogen and oxygen atoms in total. The van der Waals surface area contributed by atoms with Gasteiger partial charge in [-0.2, -0.15) is 0 Å². The van der Waals surface area contributed by atoms with Crippen LogP contribution in [-0.2, 0) is 16.0 Å². The van der Waals surface area contributed by atoms with Crippen molar-refractivity contribution in [3.63, 3.8) is 0 Å². The van der Waals surface area contributed by atoms with Crippen LogP contribution in [0.3, 0.4) is 0 Å². The van der Waals surface area contributed by atoms with E-state index in [1.807, 2.05) is 58.0 Å². The Morgan fingerprint density at radius 2 is 1.81 bits per heavy atom. The predicted molar refractivity (Wildman–Crippen MR) is 101 cm³/mol. The van der Waals surface area contributed by atoms with Crippen LogP contribution < -0.4 is 5.32 Å². The molecule has 0 aromatic heterocycles. The number of hydrogen-bond donors (Lipinski definition) is 1. The van der Waals surface area contributed by atoms with Gasteiger partial charge in [0.25, 0.3) is 5.91 Å². The summed E-state index contributed by atoms with van der Waals surface area (Å²) in [6.45, 7) is 9.73. The van der Waals surface area contributed by atoms with Crippen molar-refractivity contribution in [1.82, 2.24) is 15.3 Å². The number of likely N-dealkylation sites (N-methyl/N-ethyl adjacent to an activating group) is 1. The van der Waals surface area contributed by atoms with E-state index in [1.165, 1.54) is 0 Å². The molecule has 1 N–H and O–H groups in total. The highest BCUT2D eigenvalue weighted by Gasteiger charge is 2.31. The molecule has 1 aromatic rings. The minimum absolute atomic E-state index is 0.0934. The van der Waals surface area contributed by atoms with Gasteiger partial charge >= 0.3 is 6.09 Å². The molecule has 0 radical (unpaired) electrons. The molecular formula is C20H31N3O3. The topological polar surface area (TPSA) is 61.9 Å². The average Bonchev–Trinajstić information content (AvgIpc) is 3.08. The summed E-state index contributed by atoms with van der Waals surface area (Å²) in [4.78, 5) is 25.5. The second kappa shape index (κ2) is 9.03. The average molecular weight is 361 g/mol. The lowest BCUT2D eigenvalue weighted by Crippen LogP contribution is -2.55. The third-order valence-corrected chi connectivity index (χ3v) is 4.25. The van der Waals surface area contributed by atoms with Crippen molar-refractivity contribution in [2.75, 3.05) is 19.6 Å². The number of ether oxygens (including phenoxy) is 1. The summed E-state index contributed by atoms with van der Waals surface area (Å²) in [7, 11) is 0. The Morgan fingerprint density at radius 3 is 2.35 bits per heavy atom. The molecule has 2 amide bonds. The zero-order valence-corrected chi connectivity index (χ0v) is 16.3. The second-order valence-corrected chi connectivity index (χ2v) is 7.60. The van der Waals surface area contributed by atoms with Crippen molar-refractivity contribution in [1.29, 1.82) is 0 Å². The molecule has 0 spiro atoms. The number of amides is 2. The van der Waals surface area contributed by atoms with E-state index in [9.17, 15) is 9.59 Å². The maximum Gasteiger partial charge on any atom is 0.408 e. The van der Waals surface area contributed by atoms with Gasteiger partial charge in [0.15, 0.2) is 0 Å². The Morgan fingerprint density at radius 1 is 1.19 bits per heavy atom. The van der Waals surface area contributed by atoms with Gasteiger partial charge in [-0.15, -0.1) is 0 Å². The number of nitrogens with one attached hydrogen (secondary N) is 1. The summed E-state index contributed by atoms with van der Waals surface area (Å²) in [5.41, 5.74) is 0.392. The molecular weight excluding hydrogens is 330 g/mol. The molecule has 1 saturated heterocycles. The Labute approximate surface area is 156 Å². The van der Waals surface area contributed by atoms with Gasteiger partial charge in [-0.05, 0) is 46.1 Å². The monoisotopic (exact) mass is 361 g/mol. The van der Waals surface area contributed by atoms with Crippen LogP contribution >= 0.6 is 0 Å². The second-order valence-electron chi connectivity index (χ2n) is 7.60. The highest BCUT2D eigenvalue weighted by atomic mass is 16.6. The summed E-state index contributed by atoms with van der Waals surface area (Å²) >= 11 is 0. The quantitative estimate of drug-likeness (QED) is 0.846. The normalized spacial score (nSPS) is 16.2. The molecule has 1 heterocycles. The molecule has 26 heavy (non-hydrogen) atoms. The van der Waals surface area contributed by atoms with Crippen LogP contribution in [0.25, 0.3) is 0 Å². The lowest BCUT2D eigenvalue weighted by Gasteiger charge is -2.34. The number of benzene rings is 1. The fourth-order valence-corrected chi connectivity index (χ4v) is 3.12. The van der Waals surface area contributed by atoms with Gasteiger partial charge in [0, 0.05) is 26.1 Å². The highest BCUT2D eigenvalue weighted by molar-refractivity contribution is 5.85. The zero-order chi connectivity index (χ0) is 19.2. The van der Waals surface area contributed by atoms with Crippen LogP contribution in [0.5, 0.6) is 0 Å². The first-order valence-corrected chi connectivity index (χ1v) is 9.40. The smallest absolute Gasteiger partial charge is 0.408 e. The van der Waals surface area contributed by atoms with Gasteiger partial charge in [0.2, 0.25) is 0 Å². The van der Waals surface area contributed by atoms with E-state index >= 15 is 0 Å². The number of alkyl carbamates (subject to hydrolysis) is 1. The van der Waals surface area contributed by atoms with E-state index in [1.54, 1.807) is 5.01 Å². The molecule has 0 saturated carbocycles. The van der Waals surface area contributed by atoms with E-state index in [2.05, 4.69) is 10.3 Å². The van der Waals surface area contributed by atoms with Crippen LogP contribution in [0.15, 0.2) is 30.3 Å². The van der Waals surface area contributed by atoms with Gasteiger partial charge < -0.3 is 10.1 Å². The maximum absolute atomic E-state index is 13.2. The van der Waals surface area contributed by atoms with Gasteiger partial charge in [-0.3, -0.25) is 9.80 Å². The standard InChI is InChI=1S/C20H31N3O3/c1-5-23(22-13-9-10-14-22)18(24)17(15-16-11-7-6-8-12-16)21-19(25)26-20(2,3)4/h6-8,11-12,17H,5,9-10,13-15H2,1-4H3,(H,21,25)/t17-/m0/s1. The van der Waals surface area contributed by atoms with E-state index in [0.717, 1.165) is 31.5 Å². The summed E-state index contributed by atoms with van der Waals surface area (Å²) in [5, 5.41) is 6.62. The number of carbonyl (C=O) groups excluding carboxylic acids is 2. The largest absolute Gasteiger partial charge is 0.444 e. The first-order valence-electron chi connectivity index (χ1n) is 9.40. The minimum atomic E-state index is -0.659. The molecule has 2 rings (SSSR count). The summed E-state index contributed by atoms with van der Waals surface area (Å²) in [5.74, 6) is -0.0934. The lowest BCUT2D eigenvalue weighted by molar-refractivity contribution is -0.149. The van der Waals surface area contributed by atoms with Crippen molar-refractivity contribution < 1.29 is 14.3 Å². The predicted octanol–water partition coefficient (Wildman–Crippen LogP) is 2.98. The maximum atomic E-state index is 13.2. The van der Waals surface area contributed by atoms with Gasteiger partial charge in [0.05, 0.1) is 0 Å². The fourth-order valence-electron chi connectivity index (χ4n) is 3.12. The Bertz CT molecular complexity index is 592. The van der Waals surface area contributed by atoms with Gasteiger partial charge in [-0.25, -0.2) is 9.80 Å². The molecule has 6 heteroatoms. The number of hydrazine groups is 1.